The molecule has 10 nitrogen and oxygen atoms in total. The van der Waals surface area contributed by atoms with Gasteiger partial charge in [-0.05, 0) is 76.0 Å². The van der Waals surface area contributed by atoms with E-state index >= 15 is 0 Å². The number of aliphatic hydroxyl groups is 3. The van der Waals surface area contributed by atoms with Gasteiger partial charge in [-0.25, -0.2) is 0 Å². The van der Waals surface area contributed by atoms with Gasteiger partial charge in [-0.2, -0.15) is 0 Å². The smallest absolute Gasteiger partial charge is 0.255 e. The lowest BCUT2D eigenvalue weighted by atomic mass is 9.57. The summed E-state index contributed by atoms with van der Waals surface area (Å²) in [5, 5.41) is 44.6. The van der Waals surface area contributed by atoms with Gasteiger partial charge in [-0.3, -0.25) is 24.2 Å². The van der Waals surface area contributed by atoms with Crippen molar-refractivity contribution in [3.05, 3.63) is 45.7 Å². The number of nitrogens with zero attached hydrogens (tertiary/aromatic N) is 2. The number of nitrogens with two attached hydrogens (primary N) is 1. The number of carbonyl (C=O) groups is 3. The van der Waals surface area contributed by atoms with Crippen molar-refractivity contribution in [3.63, 3.8) is 0 Å². The van der Waals surface area contributed by atoms with Gasteiger partial charge in [-0.15, -0.1) is 0 Å². The molecular weight excluding hydrogens is 478 g/mol. The topological polar surface area (TPSA) is 165 Å². The van der Waals surface area contributed by atoms with Crippen LogP contribution in [0.5, 0.6) is 5.75 Å². The predicted octanol–water partition coefficient (Wildman–Crippen LogP) is 0.950. The van der Waals surface area contributed by atoms with Gasteiger partial charge in [0.1, 0.15) is 22.8 Å². The van der Waals surface area contributed by atoms with E-state index in [0.29, 0.717) is 13.0 Å². The second kappa shape index (κ2) is 8.97. The number of hydrogen-bond acceptors (Lipinski definition) is 9. The van der Waals surface area contributed by atoms with Gasteiger partial charge in [0.15, 0.2) is 11.4 Å². The maximum Gasteiger partial charge on any atom is 0.255 e. The number of primary amides is 1. The Balaban J connectivity index is 1.65. The highest BCUT2D eigenvalue weighted by atomic mass is 16.3. The fourth-order valence-corrected chi connectivity index (χ4v) is 6.81. The van der Waals surface area contributed by atoms with Gasteiger partial charge < -0.3 is 26.2 Å². The lowest BCUT2D eigenvalue weighted by Crippen LogP contribution is -2.65. The summed E-state index contributed by atoms with van der Waals surface area (Å²) in [6.45, 7) is 2.56. The monoisotopic (exact) mass is 511 g/mol. The Morgan fingerprint density at radius 3 is 2.43 bits per heavy atom. The van der Waals surface area contributed by atoms with Gasteiger partial charge in [-0.1, -0.05) is 12.5 Å². The van der Waals surface area contributed by atoms with Crippen LogP contribution in [0.4, 0.5) is 0 Å². The number of benzene rings is 1. The van der Waals surface area contributed by atoms with Gasteiger partial charge in [0.25, 0.3) is 5.91 Å². The number of phenolic OH excluding ortho intramolecular Hbond substituents is 1. The fourth-order valence-electron chi connectivity index (χ4n) is 6.81. The van der Waals surface area contributed by atoms with E-state index in [1.807, 2.05) is 6.07 Å². The molecule has 1 heterocycles. The molecule has 1 aromatic rings. The molecule has 1 aliphatic heterocycles. The molecule has 10 heteroatoms. The average molecular weight is 512 g/mol. The van der Waals surface area contributed by atoms with E-state index in [9.17, 15) is 34.8 Å². The second-order valence-electron chi connectivity index (χ2n) is 10.9. The van der Waals surface area contributed by atoms with E-state index in [-0.39, 0.29) is 23.3 Å². The van der Waals surface area contributed by atoms with Crippen molar-refractivity contribution in [3.8, 4) is 5.75 Å². The second-order valence-corrected chi connectivity index (χ2v) is 10.9. The number of amides is 1. The number of rotatable bonds is 4. The van der Waals surface area contributed by atoms with Crippen molar-refractivity contribution in [2.75, 3.05) is 27.2 Å². The number of likely N-dealkylation sites (N-methyl/N-ethyl adjacent to an activating group) is 1. The molecule has 0 spiro atoms. The summed E-state index contributed by atoms with van der Waals surface area (Å²) in [7, 11) is 3.17. The summed E-state index contributed by atoms with van der Waals surface area (Å²) in [6, 6.07) is 2.24. The van der Waals surface area contributed by atoms with Crippen LogP contribution >= 0.6 is 0 Å². The number of ketones is 2. The van der Waals surface area contributed by atoms with Crippen LogP contribution in [0.2, 0.25) is 0 Å². The quantitative estimate of drug-likeness (QED) is 0.370. The van der Waals surface area contributed by atoms with Crippen LogP contribution in [0.3, 0.4) is 0 Å². The van der Waals surface area contributed by atoms with Crippen molar-refractivity contribution < 1.29 is 34.8 Å². The molecule has 1 amide bonds. The minimum absolute atomic E-state index is 0.0879. The number of phenols is 1. The van der Waals surface area contributed by atoms with E-state index in [1.54, 1.807) is 14.1 Å². The molecule has 0 bridgehead atoms. The largest absolute Gasteiger partial charge is 0.508 e. The lowest BCUT2D eigenvalue weighted by molar-refractivity contribution is -0.153. The van der Waals surface area contributed by atoms with Crippen LogP contribution in [0.15, 0.2) is 29.0 Å². The van der Waals surface area contributed by atoms with E-state index in [2.05, 4.69) is 4.90 Å². The van der Waals surface area contributed by atoms with Crippen LogP contribution in [0, 0.1) is 11.8 Å². The number of aliphatic hydroxyl groups excluding tert-OH is 2. The van der Waals surface area contributed by atoms with Crippen molar-refractivity contribution in [1.82, 2.24) is 9.80 Å². The van der Waals surface area contributed by atoms with E-state index in [0.717, 1.165) is 37.1 Å². The Morgan fingerprint density at radius 2 is 1.81 bits per heavy atom. The minimum atomic E-state index is -2.62. The number of piperidine rings is 1. The first kappa shape index (κ1) is 25.4. The van der Waals surface area contributed by atoms with E-state index in [4.69, 9.17) is 5.73 Å². The molecule has 0 aromatic heterocycles. The third-order valence-corrected chi connectivity index (χ3v) is 8.54. The van der Waals surface area contributed by atoms with Crippen molar-refractivity contribution >= 4 is 23.2 Å². The highest BCUT2D eigenvalue weighted by Gasteiger charge is 2.64. The number of Topliss-reactive ketones (excluding diaryl/α,β-unsaturated/α-hetero) is 2. The number of carbonyl (C=O) groups excluding carboxylic acids is 3. The van der Waals surface area contributed by atoms with Gasteiger partial charge in [0, 0.05) is 18.0 Å². The first-order chi connectivity index (χ1) is 17.5. The van der Waals surface area contributed by atoms with Crippen LogP contribution < -0.4 is 5.73 Å². The molecule has 5 rings (SSSR count). The summed E-state index contributed by atoms with van der Waals surface area (Å²) in [5.41, 5.74) is 3.61. The van der Waals surface area contributed by atoms with Crippen LogP contribution in [-0.4, -0.2) is 86.5 Å². The highest BCUT2D eigenvalue weighted by Crippen LogP contribution is 2.53. The van der Waals surface area contributed by atoms with E-state index < -0.39 is 58.0 Å². The number of aromatic hydroxyl groups is 1. The Labute approximate surface area is 214 Å². The molecule has 37 heavy (non-hydrogen) atoms. The zero-order chi connectivity index (χ0) is 26.8. The molecule has 198 valence electrons. The lowest BCUT2D eigenvalue weighted by Gasteiger charge is -2.50. The van der Waals surface area contributed by atoms with Crippen molar-refractivity contribution in [1.29, 1.82) is 0 Å². The molecule has 4 aliphatic rings. The van der Waals surface area contributed by atoms with Crippen molar-refractivity contribution in [2.24, 2.45) is 17.6 Å². The van der Waals surface area contributed by atoms with Crippen LogP contribution in [0.1, 0.15) is 42.4 Å². The third kappa shape index (κ3) is 3.69. The maximum absolute atomic E-state index is 13.9. The third-order valence-electron chi connectivity index (χ3n) is 8.54. The average Bonchev–Trinajstić information content (AvgIpc) is 2.83. The zero-order valence-corrected chi connectivity index (χ0v) is 21.0. The van der Waals surface area contributed by atoms with E-state index in [1.165, 1.54) is 17.4 Å². The van der Waals surface area contributed by atoms with Crippen molar-refractivity contribution in [2.45, 2.75) is 50.3 Å². The SMILES string of the molecule is CN(C)[C@H]1C(=O)C(C(N)=O)=C(O)[C@@]2(O)C(=O)C3=C(O)c4c(O)ccc(CN5CCCCC5)c4C[C@H]3C[C@@H]12. The normalized spacial score (nSPS) is 30.3. The molecule has 3 aliphatic carbocycles. The van der Waals surface area contributed by atoms with Gasteiger partial charge in [0.05, 0.1) is 11.6 Å². The molecule has 0 unspecified atom stereocenters. The van der Waals surface area contributed by atoms with Gasteiger partial charge in [0.2, 0.25) is 5.78 Å². The molecule has 1 saturated heterocycles. The first-order valence-corrected chi connectivity index (χ1v) is 12.7. The standard InChI is InChI=1S/C27H33N3O7/c1-29(2)21-16-11-14-10-15-13(12-30-8-4-3-5-9-30)6-7-17(31)19(15)22(32)18(14)24(34)27(16,37)25(35)20(23(21)33)26(28)36/h6-7,14,16,21,31-32,35,37H,3-5,8-12H2,1-2H3,(H2,28,36)/t14-,16-,21+,27-/m0/s1. The molecule has 0 radical (unpaired) electrons. The predicted molar refractivity (Wildman–Crippen MR) is 133 cm³/mol. The van der Waals surface area contributed by atoms with Gasteiger partial charge >= 0.3 is 0 Å². The highest BCUT2D eigenvalue weighted by molar-refractivity contribution is 6.24. The molecule has 2 fully saturated rings. The molecular formula is C27H33N3O7. The minimum Gasteiger partial charge on any atom is -0.508 e. The Morgan fingerprint density at radius 1 is 1.14 bits per heavy atom. The first-order valence-electron chi connectivity index (χ1n) is 12.7. The molecule has 6 N–H and O–H groups in total. The summed E-state index contributed by atoms with van der Waals surface area (Å²) in [6.07, 6.45) is 3.81. The Kier molecular flexibility index (Phi) is 6.17. The summed E-state index contributed by atoms with van der Waals surface area (Å²) in [4.78, 5) is 42.9. The number of fused-ring (bicyclic) bond motifs is 3. The summed E-state index contributed by atoms with van der Waals surface area (Å²) >= 11 is 0. The van der Waals surface area contributed by atoms with Crippen LogP contribution in [0.25, 0.3) is 5.76 Å². The molecule has 4 atom stereocenters. The Hall–Kier alpha value is -3.21. The summed E-state index contributed by atoms with van der Waals surface area (Å²) in [5.74, 6) is -6.35. The van der Waals surface area contributed by atoms with Crippen LogP contribution in [-0.2, 0) is 27.3 Å². The number of likely N-dealkylation sites (tertiary alicyclic amines) is 1. The maximum atomic E-state index is 13.9. The zero-order valence-electron chi connectivity index (χ0n) is 21.0. The molecule has 1 saturated carbocycles. The molecule has 1 aromatic carbocycles. The fraction of sp³-hybridized carbons (Fsp3) is 0.519. The Bertz CT molecular complexity index is 1260. The number of hydrogen-bond donors (Lipinski definition) is 5. The summed E-state index contributed by atoms with van der Waals surface area (Å²) < 4.78 is 0.